The van der Waals surface area contributed by atoms with Gasteiger partial charge >= 0.3 is 6.03 Å². The maximum absolute atomic E-state index is 11.7. The minimum atomic E-state index is -3.97. The molecule has 9 heteroatoms. The Labute approximate surface area is 118 Å². The molecule has 0 bridgehead atoms. The lowest BCUT2D eigenvalue weighted by molar-refractivity contribution is 0.256. The van der Waals surface area contributed by atoms with Crippen LogP contribution in [0.2, 0.25) is 0 Å². The Kier molecular flexibility index (Phi) is 5.66. The van der Waals surface area contributed by atoms with Crippen molar-refractivity contribution in [1.82, 2.24) is 4.72 Å². The number of carbonyl (C=O) groups is 1. The van der Waals surface area contributed by atoms with Crippen LogP contribution in [0.25, 0.3) is 0 Å². The van der Waals surface area contributed by atoms with Crippen molar-refractivity contribution in [2.45, 2.75) is 6.92 Å². The molecule has 0 aliphatic rings. The molecule has 1 aromatic rings. The second-order valence-electron chi connectivity index (χ2n) is 3.53. The van der Waals surface area contributed by atoms with E-state index in [4.69, 9.17) is 5.11 Å². The number of benzene rings is 1. The Hall–Kier alpha value is -1.92. The van der Waals surface area contributed by atoms with Crippen LogP contribution in [0.4, 0.5) is 10.5 Å². The Morgan fingerprint density at radius 2 is 2.00 bits per heavy atom. The lowest BCUT2D eigenvalue weighted by Crippen LogP contribution is -2.34. The normalized spacial score (nSPS) is 11.8. The van der Waals surface area contributed by atoms with E-state index >= 15 is 0 Å². The summed E-state index contributed by atoms with van der Waals surface area (Å²) >= 11 is 0. The molecule has 3 N–H and O–H groups in total. The lowest BCUT2D eigenvalue weighted by Gasteiger charge is -2.09. The van der Waals surface area contributed by atoms with Crippen LogP contribution in [-0.4, -0.2) is 25.8 Å². The van der Waals surface area contributed by atoms with Gasteiger partial charge in [-0.25, -0.2) is 17.9 Å². The van der Waals surface area contributed by atoms with E-state index in [2.05, 4.69) is 16.7 Å². The summed E-state index contributed by atoms with van der Waals surface area (Å²) in [5.74, 6) is 0.0376. The summed E-state index contributed by atoms with van der Waals surface area (Å²) in [4.78, 5) is 11.6. The molecule has 0 saturated carbocycles. The van der Waals surface area contributed by atoms with Gasteiger partial charge in [-0.2, -0.15) is 0 Å². The number of nitrogens with zero attached hydrogens (tertiary/aromatic N) is 1. The number of hydrogen-bond acceptors (Lipinski definition) is 5. The molecule has 0 aliphatic heterocycles. The molecule has 1 atom stereocenters. The van der Waals surface area contributed by atoms with Crippen LogP contribution in [-0.2, 0) is 10.0 Å². The van der Waals surface area contributed by atoms with E-state index in [0.29, 0.717) is 5.69 Å². The first-order valence-corrected chi connectivity index (χ1v) is 7.83. The van der Waals surface area contributed by atoms with Crippen LogP contribution < -0.4 is 10.0 Å². The average Bonchev–Trinajstić information content (AvgIpc) is 2.37. The fourth-order valence-corrected chi connectivity index (χ4v) is 2.56. The van der Waals surface area contributed by atoms with Crippen molar-refractivity contribution >= 4 is 36.7 Å². The fraction of sp³-hybridized carbons (Fsp3) is 0.0909. The highest BCUT2D eigenvalue weighted by molar-refractivity contribution is 8.00. The zero-order chi connectivity index (χ0) is 15.2. The summed E-state index contributed by atoms with van der Waals surface area (Å²) in [6.45, 7) is 5.02. The molecular formula is C11H14N3O4PS. The number of carbonyl (C=O) groups excluding carboxylic acids is 1. The molecule has 0 spiro atoms. The van der Waals surface area contributed by atoms with E-state index in [9.17, 15) is 13.2 Å². The van der Waals surface area contributed by atoms with Gasteiger partial charge in [0.25, 0.3) is 10.0 Å². The number of phenols is 1. The minimum Gasteiger partial charge on any atom is -0.508 e. The van der Waals surface area contributed by atoms with Crippen LogP contribution in [0.5, 0.6) is 5.75 Å². The second kappa shape index (κ2) is 7.02. The third-order valence-electron chi connectivity index (χ3n) is 1.99. The van der Waals surface area contributed by atoms with Gasteiger partial charge in [-0.15, -0.1) is 0 Å². The van der Waals surface area contributed by atoms with Crippen LogP contribution in [0.15, 0.2) is 40.3 Å². The number of phenolic OH excluding ortho intramolecular Hbond substituents is 1. The predicted molar refractivity (Wildman–Crippen MR) is 80.8 cm³/mol. The first-order chi connectivity index (χ1) is 9.35. The van der Waals surface area contributed by atoms with E-state index in [1.165, 1.54) is 30.5 Å². The Morgan fingerprint density at radius 1 is 1.40 bits per heavy atom. The highest BCUT2D eigenvalue weighted by Crippen LogP contribution is 2.26. The topological polar surface area (TPSA) is 108 Å². The van der Waals surface area contributed by atoms with Crippen LogP contribution in [0.1, 0.15) is 6.92 Å². The highest BCUT2D eigenvalue weighted by atomic mass is 32.2. The summed E-state index contributed by atoms with van der Waals surface area (Å²) in [7, 11) is -4.33. The standard InChI is InChI=1S/C11H14N3O4PS/c1-3-12-19-8(2)20(17,18)14-11(16)13-9-4-6-10(15)7-5-9/h3-7,15,19H,2H2,1H3,(H2,13,14,16). The first kappa shape index (κ1) is 16.1. The van der Waals surface area contributed by atoms with Gasteiger partial charge in [0.15, 0.2) is 0 Å². The van der Waals surface area contributed by atoms with E-state index < -0.39 is 16.1 Å². The van der Waals surface area contributed by atoms with Gasteiger partial charge in [-0.3, -0.25) is 4.76 Å². The third-order valence-corrected chi connectivity index (χ3v) is 4.81. The molecule has 108 valence electrons. The van der Waals surface area contributed by atoms with Gasteiger partial charge in [0.1, 0.15) is 10.4 Å². The van der Waals surface area contributed by atoms with Gasteiger partial charge in [0, 0.05) is 20.6 Å². The molecule has 0 radical (unpaired) electrons. The Morgan fingerprint density at radius 3 is 2.55 bits per heavy atom. The van der Waals surface area contributed by atoms with Gasteiger partial charge in [0.05, 0.1) is 0 Å². The Bertz CT molecular complexity index is 626. The zero-order valence-electron chi connectivity index (χ0n) is 10.6. The van der Waals surface area contributed by atoms with Crippen molar-refractivity contribution in [1.29, 1.82) is 0 Å². The second-order valence-corrected chi connectivity index (χ2v) is 6.68. The van der Waals surface area contributed by atoms with Crippen molar-refractivity contribution < 1.29 is 18.3 Å². The molecule has 7 nitrogen and oxygen atoms in total. The lowest BCUT2D eigenvalue weighted by atomic mass is 10.3. The molecule has 0 fully saturated rings. The largest absolute Gasteiger partial charge is 0.508 e. The SMILES string of the molecule is C=C(PN=CC)S(=O)(=O)NC(=O)Nc1ccc(O)cc1. The summed E-state index contributed by atoms with van der Waals surface area (Å²) < 4.78 is 28.8. The number of urea groups is 1. The van der Waals surface area contributed by atoms with E-state index in [-0.39, 0.29) is 19.1 Å². The first-order valence-electron chi connectivity index (χ1n) is 5.40. The van der Waals surface area contributed by atoms with Crippen molar-refractivity contribution in [2.75, 3.05) is 5.32 Å². The smallest absolute Gasteiger partial charge is 0.333 e. The summed E-state index contributed by atoms with van der Waals surface area (Å²) in [6, 6.07) is 4.67. The van der Waals surface area contributed by atoms with Crippen molar-refractivity contribution in [3.63, 3.8) is 0 Å². The molecule has 20 heavy (non-hydrogen) atoms. The van der Waals surface area contributed by atoms with Crippen LogP contribution >= 0.6 is 8.73 Å². The molecule has 1 aromatic carbocycles. The number of aromatic hydroxyl groups is 1. The van der Waals surface area contributed by atoms with Crippen molar-refractivity contribution in [2.24, 2.45) is 4.76 Å². The average molecular weight is 315 g/mol. The van der Waals surface area contributed by atoms with Crippen LogP contribution in [0.3, 0.4) is 0 Å². The maximum atomic E-state index is 11.7. The van der Waals surface area contributed by atoms with Gasteiger partial charge < -0.3 is 10.4 Å². The molecule has 0 aliphatic carbocycles. The third kappa shape index (κ3) is 4.99. The number of rotatable bonds is 5. The summed E-state index contributed by atoms with van der Waals surface area (Å²) in [5, 5.41) is 11.4. The van der Waals surface area contributed by atoms with Gasteiger partial charge in [-0.1, -0.05) is 6.58 Å². The summed E-state index contributed by atoms with van der Waals surface area (Å²) in [5.41, 5.74) is 0.343. The number of amides is 2. The van der Waals surface area contributed by atoms with Gasteiger partial charge in [-0.05, 0) is 31.2 Å². The quantitative estimate of drug-likeness (QED) is 0.439. The van der Waals surface area contributed by atoms with Crippen molar-refractivity contribution in [3.05, 3.63) is 35.5 Å². The summed E-state index contributed by atoms with van der Waals surface area (Å²) in [6.07, 6.45) is 1.45. The predicted octanol–water partition coefficient (Wildman–Crippen LogP) is 2.00. The van der Waals surface area contributed by atoms with E-state index in [1.807, 2.05) is 4.72 Å². The Balaban J connectivity index is 2.65. The van der Waals surface area contributed by atoms with E-state index in [0.717, 1.165) is 0 Å². The molecule has 2 amide bonds. The molecule has 0 saturated heterocycles. The number of hydrogen-bond donors (Lipinski definition) is 3. The number of sulfonamides is 1. The van der Waals surface area contributed by atoms with Crippen molar-refractivity contribution in [3.8, 4) is 5.75 Å². The van der Waals surface area contributed by atoms with Crippen LogP contribution in [0, 0.1) is 0 Å². The zero-order valence-corrected chi connectivity index (χ0v) is 12.4. The minimum absolute atomic E-state index is 0.0376. The molecule has 1 rings (SSSR count). The molecule has 1 unspecified atom stereocenters. The van der Waals surface area contributed by atoms with Gasteiger partial charge in [0.2, 0.25) is 0 Å². The van der Waals surface area contributed by atoms with E-state index in [1.54, 1.807) is 6.92 Å². The number of nitrogens with one attached hydrogen (secondary N) is 2. The molecule has 0 heterocycles. The fourth-order valence-electron chi connectivity index (χ4n) is 1.08. The highest BCUT2D eigenvalue weighted by Gasteiger charge is 2.18. The maximum Gasteiger partial charge on any atom is 0.333 e. The number of anilines is 1. The molecular weight excluding hydrogens is 301 g/mol. The monoisotopic (exact) mass is 315 g/mol. The molecule has 0 aromatic heterocycles.